The zero-order valence-electron chi connectivity index (χ0n) is 16.5. The minimum Gasteiger partial charge on any atom is -0.491 e. The first-order valence-corrected chi connectivity index (χ1v) is 11.6. The van der Waals surface area contributed by atoms with Gasteiger partial charge >= 0.3 is 0 Å². The second kappa shape index (κ2) is 9.55. The number of ether oxygens (including phenoxy) is 1. The van der Waals surface area contributed by atoms with Crippen LogP contribution in [-0.2, 0) is 14.8 Å². The van der Waals surface area contributed by atoms with Gasteiger partial charge in [-0.15, -0.1) is 0 Å². The lowest BCUT2D eigenvalue weighted by Gasteiger charge is -2.36. The summed E-state index contributed by atoms with van der Waals surface area (Å²) in [6.07, 6.45) is 0.231. The molecule has 2 N–H and O–H groups in total. The van der Waals surface area contributed by atoms with Crippen LogP contribution in [0.2, 0.25) is 5.02 Å². The molecule has 0 aromatic heterocycles. The number of nitrogens with one attached hydrogen (secondary N) is 1. The molecule has 1 fully saturated rings. The van der Waals surface area contributed by atoms with Crippen LogP contribution in [0.1, 0.15) is 0 Å². The van der Waals surface area contributed by atoms with Crippen molar-refractivity contribution in [2.75, 3.05) is 48.7 Å². The highest BCUT2D eigenvalue weighted by Crippen LogP contribution is 2.20. The summed E-state index contributed by atoms with van der Waals surface area (Å²) in [5.41, 5.74) is 1.36. The number of sulfonamides is 1. The molecule has 0 spiro atoms. The van der Waals surface area contributed by atoms with Crippen molar-refractivity contribution in [3.05, 3.63) is 53.6 Å². The van der Waals surface area contributed by atoms with Crippen molar-refractivity contribution in [3.8, 4) is 5.75 Å². The Labute approximate surface area is 181 Å². The number of β-amino-alcohol motifs (C(OH)–C–C–N with tert-alkyl or cyclic N) is 1. The molecular formula is C20H24ClN3O5S. The Morgan fingerprint density at radius 2 is 1.80 bits per heavy atom. The second-order valence-corrected chi connectivity index (χ2v) is 9.29. The molecule has 30 heavy (non-hydrogen) atoms. The number of anilines is 2. The summed E-state index contributed by atoms with van der Waals surface area (Å²) in [5, 5.41) is 10.9. The topological polar surface area (TPSA) is 99.2 Å². The quantitative estimate of drug-likeness (QED) is 0.632. The van der Waals surface area contributed by atoms with E-state index in [9.17, 15) is 18.3 Å². The molecule has 1 aliphatic heterocycles. The Bertz CT molecular complexity index is 967. The molecule has 0 unspecified atom stereocenters. The van der Waals surface area contributed by atoms with Crippen LogP contribution in [-0.4, -0.2) is 69.5 Å². The summed E-state index contributed by atoms with van der Waals surface area (Å²) in [5.74, 6) is 0.429. The maximum absolute atomic E-state index is 12.5. The number of aliphatic hydroxyl groups excluding tert-OH is 1. The Hall–Kier alpha value is -2.49. The van der Waals surface area contributed by atoms with E-state index in [0.29, 0.717) is 29.5 Å². The summed E-state index contributed by atoms with van der Waals surface area (Å²) < 4.78 is 30.3. The van der Waals surface area contributed by atoms with Crippen LogP contribution < -0.4 is 14.4 Å². The van der Waals surface area contributed by atoms with E-state index in [0.717, 1.165) is 11.9 Å². The van der Waals surface area contributed by atoms with Gasteiger partial charge in [0.1, 0.15) is 18.5 Å². The first kappa shape index (κ1) is 22.2. The van der Waals surface area contributed by atoms with Crippen molar-refractivity contribution < 1.29 is 23.1 Å². The highest BCUT2D eigenvalue weighted by Gasteiger charge is 2.26. The van der Waals surface area contributed by atoms with Gasteiger partial charge in [0, 0.05) is 29.5 Å². The van der Waals surface area contributed by atoms with Crippen molar-refractivity contribution in [3.63, 3.8) is 0 Å². The summed E-state index contributed by atoms with van der Waals surface area (Å²) in [4.78, 5) is 16.1. The number of amides is 1. The first-order chi connectivity index (χ1) is 14.2. The lowest BCUT2D eigenvalue weighted by Crippen LogP contribution is -2.53. The monoisotopic (exact) mass is 453 g/mol. The molecule has 2 aromatic rings. The van der Waals surface area contributed by atoms with Crippen molar-refractivity contribution in [2.24, 2.45) is 0 Å². The number of piperazine rings is 1. The van der Waals surface area contributed by atoms with Gasteiger partial charge in [-0.05, 0) is 48.5 Å². The van der Waals surface area contributed by atoms with Crippen LogP contribution >= 0.6 is 11.6 Å². The Kier molecular flexibility index (Phi) is 7.06. The van der Waals surface area contributed by atoms with Gasteiger partial charge in [0.05, 0.1) is 19.3 Å². The normalized spacial score (nSPS) is 15.8. The maximum atomic E-state index is 12.5. The number of hydrogen-bond donors (Lipinski definition) is 2. The third kappa shape index (κ3) is 6.51. The van der Waals surface area contributed by atoms with Crippen molar-refractivity contribution in [1.29, 1.82) is 0 Å². The van der Waals surface area contributed by atoms with Crippen LogP contribution in [0.5, 0.6) is 5.75 Å². The predicted molar refractivity (Wildman–Crippen MR) is 117 cm³/mol. The van der Waals surface area contributed by atoms with E-state index in [1.807, 2.05) is 17.0 Å². The van der Waals surface area contributed by atoms with Gasteiger partial charge in [0.25, 0.3) is 0 Å². The standard InChI is InChI=1S/C20H24ClN3O5S/c1-30(27,28)22-16-4-8-19(9-5-16)29-14-18(25)12-24-11-10-23(13-20(24)26)17-6-2-15(21)3-7-17/h2-9,18,22,25H,10-14H2,1H3/t18-/m0/s1. The number of carbonyl (C=O) groups is 1. The number of rotatable bonds is 8. The number of aliphatic hydroxyl groups is 1. The van der Waals surface area contributed by atoms with Gasteiger partial charge in [-0.2, -0.15) is 0 Å². The van der Waals surface area contributed by atoms with E-state index < -0.39 is 16.1 Å². The summed E-state index contributed by atoms with van der Waals surface area (Å²) in [6, 6.07) is 13.7. The van der Waals surface area contributed by atoms with E-state index in [4.69, 9.17) is 16.3 Å². The number of carbonyl (C=O) groups excluding carboxylic acids is 1. The fourth-order valence-corrected chi connectivity index (χ4v) is 3.80. The van der Waals surface area contributed by atoms with Crippen molar-refractivity contribution >= 4 is 38.9 Å². The van der Waals surface area contributed by atoms with Crippen LogP contribution in [0.3, 0.4) is 0 Å². The lowest BCUT2D eigenvalue weighted by atomic mass is 10.2. The average molecular weight is 454 g/mol. The minimum absolute atomic E-state index is 0.0174. The number of benzene rings is 2. The molecule has 0 aliphatic carbocycles. The van der Waals surface area contributed by atoms with Gasteiger partial charge in [0.2, 0.25) is 15.9 Å². The summed E-state index contributed by atoms with van der Waals surface area (Å²) >= 11 is 5.91. The summed E-state index contributed by atoms with van der Waals surface area (Å²) in [6.45, 7) is 1.61. The smallest absolute Gasteiger partial charge is 0.242 e. The molecule has 0 radical (unpaired) electrons. The molecule has 1 saturated heterocycles. The van der Waals surface area contributed by atoms with E-state index in [-0.39, 0.29) is 25.6 Å². The van der Waals surface area contributed by atoms with Crippen molar-refractivity contribution in [2.45, 2.75) is 6.10 Å². The fourth-order valence-electron chi connectivity index (χ4n) is 3.11. The highest BCUT2D eigenvalue weighted by atomic mass is 35.5. The fraction of sp³-hybridized carbons (Fsp3) is 0.350. The molecule has 0 saturated carbocycles. The second-order valence-electron chi connectivity index (χ2n) is 7.10. The molecule has 1 aliphatic rings. The van der Waals surface area contributed by atoms with Gasteiger partial charge < -0.3 is 19.6 Å². The molecule has 1 atom stereocenters. The Morgan fingerprint density at radius 1 is 1.13 bits per heavy atom. The van der Waals surface area contributed by atoms with Gasteiger partial charge in [-0.25, -0.2) is 8.42 Å². The third-order valence-corrected chi connectivity index (χ3v) is 5.40. The van der Waals surface area contributed by atoms with Gasteiger partial charge in [0.15, 0.2) is 0 Å². The van der Waals surface area contributed by atoms with Crippen molar-refractivity contribution in [1.82, 2.24) is 4.90 Å². The molecule has 0 bridgehead atoms. The Morgan fingerprint density at radius 3 is 2.40 bits per heavy atom. The zero-order valence-corrected chi connectivity index (χ0v) is 18.1. The minimum atomic E-state index is -3.34. The number of nitrogens with zero attached hydrogens (tertiary/aromatic N) is 2. The van der Waals surface area contributed by atoms with E-state index >= 15 is 0 Å². The molecule has 3 rings (SSSR count). The average Bonchev–Trinajstić information content (AvgIpc) is 2.68. The third-order valence-electron chi connectivity index (χ3n) is 4.54. The van der Waals surface area contributed by atoms with Gasteiger partial charge in [-0.3, -0.25) is 9.52 Å². The number of halogens is 1. The van der Waals surface area contributed by atoms with Gasteiger partial charge in [-0.1, -0.05) is 11.6 Å². The number of hydrogen-bond acceptors (Lipinski definition) is 6. The molecule has 1 amide bonds. The van der Waals surface area contributed by atoms with Crippen LogP contribution in [0.25, 0.3) is 0 Å². The molecule has 162 valence electrons. The van der Waals surface area contributed by atoms with E-state index in [1.165, 1.54) is 0 Å². The Balaban J connectivity index is 1.45. The van der Waals surface area contributed by atoms with Crippen LogP contribution in [0.15, 0.2) is 48.5 Å². The van der Waals surface area contributed by atoms with Crippen LogP contribution in [0, 0.1) is 0 Å². The lowest BCUT2D eigenvalue weighted by molar-refractivity contribution is -0.132. The summed E-state index contributed by atoms with van der Waals surface area (Å²) in [7, 11) is -3.34. The molecule has 10 heteroatoms. The molecular weight excluding hydrogens is 430 g/mol. The van der Waals surface area contributed by atoms with Crippen LogP contribution in [0.4, 0.5) is 11.4 Å². The first-order valence-electron chi connectivity index (χ1n) is 9.36. The largest absolute Gasteiger partial charge is 0.491 e. The van der Waals surface area contributed by atoms with E-state index in [2.05, 4.69) is 4.72 Å². The predicted octanol–water partition coefficient (Wildman–Crippen LogP) is 1.80. The SMILES string of the molecule is CS(=O)(=O)Nc1ccc(OC[C@@H](O)CN2CCN(c3ccc(Cl)cc3)CC2=O)cc1. The maximum Gasteiger partial charge on any atom is 0.242 e. The molecule has 2 aromatic carbocycles. The molecule has 1 heterocycles. The highest BCUT2D eigenvalue weighted by molar-refractivity contribution is 7.92. The molecule has 8 nitrogen and oxygen atoms in total. The van der Waals surface area contributed by atoms with E-state index in [1.54, 1.807) is 41.3 Å². The zero-order chi connectivity index (χ0) is 21.7.